The highest BCUT2D eigenvalue weighted by Gasteiger charge is 2.21. The van der Waals surface area contributed by atoms with Gasteiger partial charge in [-0.05, 0) is 43.0 Å². The molecule has 4 N–H and O–H groups in total. The van der Waals surface area contributed by atoms with Crippen molar-refractivity contribution in [1.29, 1.82) is 0 Å². The summed E-state index contributed by atoms with van der Waals surface area (Å²) in [6.45, 7) is 5.43. The summed E-state index contributed by atoms with van der Waals surface area (Å²) in [5, 5.41) is 9.25. The van der Waals surface area contributed by atoms with Crippen LogP contribution in [0.5, 0.6) is 0 Å². The van der Waals surface area contributed by atoms with Gasteiger partial charge in [0.05, 0.1) is 11.5 Å². The number of nitrogen functional groups attached to an aromatic ring is 1. The topological polar surface area (TPSA) is 92.4 Å². The molecule has 1 atom stereocenters. The van der Waals surface area contributed by atoms with Crippen LogP contribution in [-0.4, -0.2) is 26.2 Å². The zero-order valence-corrected chi connectivity index (χ0v) is 12.4. The number of anilines is 1. The molecule has 5 nitrogen and oxygen atoms in total. The van der Waals surface area contributed by atoms with Crippen LogP contribution in [0, 0.1) is 12.8 Å². The fraction of sp³-hybridized carbons (Fsp3) is 0.538. The molecule has 0 aromatic heterocycles. The molecule has 6 heteroatoms. The number of aliphatic hydroxyl groups is 1. The van der Waals surface area contributed by atoms with E-state index in [9.17, 15) is 13.5 Å². The third-order valence-corrected chi connectivity index (χ3v) is 4.47. The van der Waals surface area contributed by atoms with Crippen LogP contribution in [0.1, 0.15) is 25.8 Å². The number of hydrogen-bond acceptors (Lipinski definition) is 4. The highest BCUT2D eigenvalue weighted by molar-refractivity contribution is 7.89. The van der Waals surface area contributed by atoms with Gasteiger partial charge in [0.15, 0.2) is 0 Å². The van der Waals surface area contributed by atoms with Crippen molar-refractivity contribution < 1.29 is 13.5 Å². The van der Waals surface area contributed by atoms with E-state index in [0.29, 0.717) is 23.6 Å². The summed E-state index contributed by atoms with van der Waals surface area (Å²) in [4.78, 5) is 0.198. The lowest BCUT2D eigenvalue weighted by atomic mass is 10.1. The molecule has 1 unspecified atom stereocenters. The highest BCUT2D eigenvalue weighted by Crippen LogP contribution is 2.18. The first-order valence-electron chi connectivity index (χ1n) is 6.25. The Morgan fingerprint density at radius 1 is 1.37 bits per heavy atom. The summed E-state index contributed by atoms with van der Waals surface area (Å²) in [6.07, 6.45) is 0.587. The number of nitrogens with two attached hydrogens (primary N) is 1. The van der Waals surface area contributed by atoms with Crippen LogP contribution < -0.4 is 10.5 Å². The first-order valence-corrected chi connectivity index (χ1v) is 7.74. The van der Waals surface area contributed by atoms with Gasteiger partial charge < -0.3 is 10.8 Å². The van der Waals surface area contributed by atoms with Crippen LogP contribution >= 0.6 is 0 Å². The van der Waals surface area contributed by atoms with E-state index in [1.165, 1.54) is 6.07 Å². The minimum absolute atomic E-state index is 0.198. The lowest BCUT2D eigenvalue weighted by molar-refractivity contribution is 0.240. The summed E-state index contributed by atoms with van der Waals surface area (Å²) in [7, 11) is -3.63. The molecule has 0 aliphatic carbocycles. The van der Waals surface area contributed by atoms with Gasteiger partial charge in [-0.25, -0.2) is 13.1 Å². The van der Waals surface area contributed by atoms with Crippen molar-refractivity contribution in [1.82, 2.24) is 4.72 Å². The van der Waals surface area contributed by atoms with Crippen molar-refractivity contribution in [2.24, 2.45) is 5.92 Å². The van der Waals surface area contributed by atoms with Gasteiger partial charge in [-0.3, -0.25) is 0 Å². The minimum Gasteiger partial charge on any atom is -0.399 e. The minimum atomic E-state index is -3.63. The van der Waals surface area contributed by atoms with Gasteiger partial charge in [-0.2, -0.15) is 0 Å². The van der Waals surface area contributed by atoms with Crippen molar-refractivity contribution in [3.8, 4) is 0 Å². The number of hydrogen-bond donors (Lipinski definition) is 3. The average Bonchev–Trinajstić information content (AvgIpc) is 2.26. The van der Waals surface area contributed by atoms with Crippen molar-refractivity contribution in [2.75, 3.05) is 12.3 Å². The van der Waals surface area contributed by atoms with E-state index < -0.39 is 16.1 Å². The van der Waals surface area contributed by atoms with Crippen LogP contribution in [-0.2, 0) is 10.0 Å². The predicted octanol–water partition coefficient (Wildman–Crippen LogP) is 1.26. The van der Waals surface area contributed by atoms with Gasteiger partial charge in [-0.15, -0.1) is 0 Å². The molecule has 19 heavy (non-hydrogen) atoms. The Bertz CT molecular complexity index is 527. The monoisotopic (exact) mass is 286 g/mol. The molecule has 0 heterocycles. The number of rotatable bonds is 6. The molecule has 1 rings (SSSR count). The molecule has 108 valence electrons. The van der Waals surface area contributed by atoms with E-state index in [1.807, 2.05) is 13.8 Å². The molecule has 0 saturated carbocycles. The van der Waals surface area contributed by atoms with Crippen LogP contribution in [0.4, 0.5) is 5.69 Å². The quantitative estimate of drug-likeness (QED) is 0.686. The maximum Gasteiger partial charge on any atom is 0.241 e. The van der Waals surface area contributed by atoms with E-state index in [2.05, 4.69) is 4.72 Å². The molecular weight excluding hydrogens is 264 g/mol. The second kappa shape index (κ2) is 6.36. The Morgan fingerprint density at radius 2 is 2.00 bits per heavy atom. The molecule has 0 fully saturated rings. The molecular formula is C13H22N2O3S. The smallest absolute Gasteiger partial charge is 0.241 e. The van der Waals surface area contributed by atoms with Crippen molar-refractivity contribution in [2.45, 2.75) is 38.1 Å². The maximum atomic E-state index is 12.3. The first-order chi connectivity index (χ1) is 8.76. The third-order valence-electron chi connectivity index (χ3n) is 2.79. The molecule has 0 spiro atoms. The predicted molar refractivity (Wildman–Crippen MR) is 76.2 cm³/mol. The lowest BCUT2D eigenvalue weighted by Crippen LogP contribution is -2.38. The van der Waals surface area contributed by atoms with Gasteiger partial charge in [0.1, 0.15) is 0 Å². The highest BCUT2D eigenvalue weighted by atomic mass is 32.2. The Labute approximate surface area is 114 Å². The second-order valence-electron chi connectivity index (χ2n) is 5.16. The van der Waals surface area contributed by atoms with Gasteiger partial charge in [-0.1, -0.05) is 13.8 Å². The zero-order chi connectivity index (χ0) is 14.6. The fourth-order valence-corrected chi connectivity index (χ4v) is 3.45. The molecule has 1 aromatic rings. The third kappa shape index (κ3) is 4.49. The summed E-state index contributed by atoms with van der Waals surface area (Å²) in [6, 6.07) is 4.18. The van der Waals surface area contributed by atoms with Crippen LogP contribution in [0.15, 0.2) is 23.1 Å². The van der Waals surface area contributed by atoms with Gasteiger partial charge in [0.2, 0.25) is 10.0 Å². The van der Waals surface area contributed by atoms with Crippen LogP contribution in [0.3, 0.4) is 0 Å². The summed E-state index contributed by atoms with van der Waals surface area (Å²) in [5.74, 6) is 0.298. The normalized spacial score (nSPS) is 13.7. The number of benzene rings is 1. The zero-order valence-electron chi connectivity index (χ0n) is 11.6. The SMILES string of the molecule is Cc1cc(N)ccc1S(=O)(=O)NC(CO)CC(C)C. The standard InChI is InChI=1S/C13H22N2O3S/c1-9(2)6-12(8-16)15-19(17,18)13-5-4-11(14)7-10(13)3/h4-5,7,9,12,15-16H,6,8,14H2,1-3H3. The summed E-state index contributed by atoms with van der Waals surface area (Å²) in [5.41, 5.74) is 6.73. The number of nitrogens with one attached hydrogen (secondary N) is 1. The largest absolute Gasteiger partial charge is 0.399 e. The summed E-state index contributed by atoms with van der Waals surface area (Å²) >= 11 is 0. The summed E-state index contributed by atoms with van der Waals surface area (Å²) < 4.78 is 27.0. The lowest BCUT2D eigenvalue weighted by Gasteiger charge is -2.19. The van der Waals surface area contributed by atoms with E-state index >= 15 is 0 Å². The molecule has 0 radical (unpaired) electrons. The van der Waals surface area contributed by atoms with Crippen molar-refractivity contribution in [3.63, 3.8) is 0 Å². The number of aryl methyl sites for hydroxylation is 1. The number of aliphatic hydroxyl groups excluding tert-OH is 1. The molecule has 0 bridgehead atoms. The molecule has 0 saturated heterocycles. The van der Waals surface area contributed by atoms with E-state index in [-0.39, 0.29) is 11.5 Å². The van der Waals surface area contributed by atoms with E-state index in [4.69, 9.17) is 5.73 Å². The second-order valence-corrected chi connectivity index (χ2v) is 6.84. The Hall–Kier alpha value is -1.11. The number of sulfonamides is 1. The van der Waals surface area contributed by atoms with Gasteiger partial charge in [0.25, 0.3) is 0 Å². The van der Waals surface area contributed by atoms with E-state index in [0.717, 1.165) is 0 Å². The van der Waals surface area contributed by atoms with E-state index in [1.54, 1.807) is 19.1 Å². The average molecular weight is 286 g/mol. The molecule has 1 aromatic carbocycles. The van der Waals surface area contributed by atoms with Gasteiger partial charge >= 0.3 is 0 Å². The Kier molecular flexibility index (Phi) is 5.34. The van der Waals surface area contributed by atoms with Crippen molar-refractivity contribution >= 4 is 15.7 Å². The maximum absolute atomic E-state index is 12.3. The Morgan fingerprint density at radius 3 is 2.47 bits per heavy atom. The van der Waals surface area contributed by atoms with Gasteiger partial charge in [0, 0.05) is 11.7 Å². The molecule has 0 aliphatic heterocycles. The molecule has 0 aliphatic rings. The molecule has 0 amide bonds. The van der Waals surface area contributed by atoms with Crippen molar-refractivity contribution in [3.05, 3.63) is 23.8 Å². The fourth-order valence-electron chi connectivity index (χ4n) is 1.99. The van der Waals surface area contributed by atoms with Crippen LogP contribution in [0.2, 0.25) is 0 Å². The van der Waals surface area contributed by atoms with Crippen LogP contribution in [0.25, 0.3) is 0 Å². The first kappa shape index (κ1) is 15.9. The Balaban J connectivity index is 2.97.